The molecule has 0 aliphatic rings. The minimum absolute atomic E-state index is 0.131. The van der Waals surface area contributed by atoms with Crippen molar-refractivity contribution in [1.29, 1.82) is 0 Å². The first kappa shape index (κ1) is 14.7. The topological polar surface area (TPSA) is 17.1 Å². The van der Waals surface area contributed by atoms with Gasteiger partial charge in [-0.05, 0) is 55.3 Å². The fraction of sp³-hybridized carbons (Fsp3) is 0.188. The molecule has 0 aliphatic heterocycles. The molecule has 0 saturated heterocycles. The van der Waals surface area contributed by atoms with Crippen molar-refractivity contribution in [1.82, 2.24) is 0 Å². The monoisotopic (exact) mass is 292 g/mol. The van der Waals surface area contributed by atoms with Crippen LogP contribution in [-0.4, -0.2) is 11.5 Å². The molecule has 2 rings (SSSR count). The van der Waals surface area contributed by atoms with E-state index in [0.29, 0.717) is 5.56 Å². The zero-order chi connectivity index (χ0) is 14.7. The molecule has 2 aromatic carbocycles. The van der Waals surface area contributed by atoms with Gasteiger partial charge in [0.2, 0.25) is 0 Å². The molecule has 0 radical (unpaired) electrons. The second kappa shape index (κ2) is 6.18. The average molecular weight is 292 g/mol. The minimum atomic E-state index is -0.479. The van der Waals surface area contributed by atoms with Crippen molar-refractivity contribution in [2.45, 2.75) is 18.7 Å². The molecule has 104 valence electrons. The van der Waals surface area contributed by atoms with E-state index in [1.54, 1.807) is 32.0 Å². The van der Waals surface area contributed by atoms with Gasteiger partial charge in [0.25, 0.3) is 0 Å². The smallest absolute Gasteiger partial charge is 0.176 e. The number of halogens is 2. The van der Waals surface area contributed by atoms with Crippen LogP contribution in [0.3, 0.4) is 0 Å². The highest BCUT2D eigenvalue weighted by Crippen LogP contribution is 2.22. The first-order chi connectivity index (χ1) is 9.47. The van der Waals surface area contributed by atoms with Crippen molar-refractivity contribution in [3.8, 4) is 0 Å². The molecule has 0 amide bonds. The standard InChI is InChI=1S/C16H14F2OS/c1-10-7-11(2)16(14(18)8-10)15(19)9-20-13-5-3-12(17)4-6-13/h3-8H,9H2,1-2H3. The van der Waals surface area contributed by atoms with E-state index in [9.17, 15) is 13.6 Å². The number of aryl methyl sites for hydroxylation is 2. The maximum atomic E-state index is 13.9. The largest absolute Gasteiger partial charge is 0.293 e. The molecule has 0 heterocycles. The van der Waals surface area contributed by atoms with E-state index in [4.69, 9.17) is 0 Å². The normalized spacial score (nSPS) is 10.6. The number of hydrogen-bond donors (Lipinski definition) is 0. The van der Waals surface area contributed by atoms with Gasteiger partial charge < -0.3 is 0 Å². The number of rotatable bonds is 4. The van der Waals surface area contributed by atoms with Crippen LogP contribution in [0.25, 0.3) is 0 Å². The lowest BCUT2D eigenvalue weighted by Crippen LogP contribution is -2.08. The summed E-state index contributed by atoms with van der Waals surface area (Å²) < 4.78 is 26.6. The van der Waals surface area contributed by atoms with Crippen LogP contribution in [-0.2, 0) is 0 Å². The van der Waals surface area contributed by atoms with Crippen molar-refractivity contribution in [3.63, 3.8) is 0 Å². The maximum absolute atomic E-state index is 13.9. The summed E-state index contributed by atoms with van der Waals surface area (Å²) >= 11 is 1.27. The van der Waals surface area contributed by atoms with Gasteiger partial charge >= 0.3 is 0 Å². The van der Waals surface area contributed by atoms with E-state index >= 15 is 0 Å². The molecule has 0 aliphatic carbocycles. The van der Waals surface area contributed by atoms with E-state index in [-0.39, 0.29) is 22.9 Å². The van der Waals surface area contributed by atoms with Crippen molar-refractivity contribution in [2.24, 2.45) is 0 Å². The van der Waals surface area contributed by atoms with Gasteiger partial charge in [-0.3, -0.25) is 4.79 Å². The summed E-state index contributed by atoms with van der Waals surface area (Å²) in [7, 11) is 0. The Hall–Kier alpha value is -1.68. The van der Waals surface area contributed by atoms with Crippen LogP contribution in [0, 0.1) is 25.5 Å². The minimum Gasteiger partial charge on any atom is -0.293 e. The van der Waals surface area contributed by atoms with E-state index in [0.717, 1.165) is 10.5 Å². The third-order valence-electron chi connectivity index (χ3n) is 2.89. The number of ketones is 1. The van der Waals surface area contributed by atoms with Gasteiger partial charge in [-0.15, -0.1) is 11.8 Å². The molecule has 0 atom stereocenters. The summed E-state index contributed by atoms with van der Waals surface area (Å²) in [5.74, 6) is -0.922. The second-order valence-electron chi connectivity index (χ2n) is 4.60. The molecule has 0 unspecified atom stereocenters. The van der Waals surface area contributed by atoms with Crippen LogP contribution in [0.2, 0.25) is 0 Å². The molecular formula is C16H14F2OS. The van der Waals surface area contributed by atoms with E-state index in [2.05, 4.69) is 0 Å². The summed E-state index contributed by atoms with van der Waals surface area (Å²) in [4.78, 5) is 12.9. The Morgan fingerprint density at radius 3 is 2.35 bits per heavy atom. The highest BCUT2D eigenvalue weighted by Gasteiger charge is 2.15. The first-order valence-corrected chi connectivity index (χ1v) is 7.14. The number of carbonyl (C=O) groups is 1. The fourth-order valence-electron chi connectivity index (χ4n) is 2.02. The van der Waals surface area contributed by atoms with Gasteiger partial charge in [-0.2, -0.15) is 0 Å². The van der Waals surface area contributed by atoms with E-state index in [1.807, 2.05) is 0 Å². The molecule has 0 fully saturated rings. The van der Waals surface area contributed by atoms with Crippen LogP contribution in [0.15, 0.2) is 41.3 Å². The summed E-state index contributed by atoms with van der Waals surface area (Å²) in [5, 5.41) is 0. The summed E-state index contributed by atoms with van der Waals surface area (Å²) in [6.45, 7) is 3.52. The number of thioether (sulfide) groups is 1. The molecule has 0 saturated carbocycles. The Morgan fingerprint density at radius 2 is 1.75 bits per heavy atom. The van der Waals surface area contributed by atoms with Gasteiger partial charge in [-0.25, -0.2) is 8.78 Å². The molecule has 1 nitrogen and oxygen atoms in total. The van der Waals surface area contributed by atoms with Crippen molar-refractivity contribution < 1.29 is 13.6 Å². The van der Waals surface area contributed by atoms with Gasteiger partial charge in [0.05, 0.1) is 11.3 Å². The molecular weight excluding hydrogens is 278 g/mol. The van der Waals surface area contributed by atoms with Crippen LogP contribution < -0.4 is 0 Å². The second-order valence-corrected chi connectivity index (χ2v) is 5.65. The predicted octanol–water partition coefficient (Wildman–Crippen LogP) is 4.56. The lowest BCUT2D eigenvalue weighted by Gasteiger charge is -2.08. The molecule has 4 heteroatoms. The fourth-order valence-corrected chi connectivity index (χ4v) is 2.79. The lowest BCUT2D eigenvalue weighted by atomic mass is 10.0. The number of benzene rings is 2. The third kappa shape index (κ3) is 3.45. The van der Waals surface area contributed by atoms with Gasteiger partial charge in [0.15, 0.2) is 5.78 Å². The quantitative estimate of drug-likeness (QED) is 0.607. The molecule has 20 heavy (non-hydrogen) atoms. The van der Waals surface area contributed by atoms with Gasteiger partial charge in [-0.1, -0.05) is 6.07 Å². The Labute approximate surface area is 121 Å². The lowest BCUT2D eigenvalue weighted by molar-refractivity contribution is 0.101. The Balaban J connectivity index is 2.11. The third-order valence-corrected chi connectivity index (χ3v) is 3.91. The number of hydrogen-bond acceptors (Lipinski definition) is 2. The van der Waals surface area contributed by atoms with E-state index < -0.39 is 5.82 Å². The van der Waals surface area contributed by atoms with E-state index in [1.165, 1.54) is 30.0 Å². The molecule has 0 bridgehead atoms. The maximum Gasteiger partial charge on any atom is 0.176 e. The highest BCUT2D eigenvalue weighted by molar-refractivity contribution is 8.00. The van der Waals surface area contributed by atoms with Gasteiger partial charge in [0, 0.05) is 4.90 Å². The van der Waals surface area contributed by atoms with Crippen LogP contribution >= 0.6 is 11.8 Å². The molecule has 0 N–H and O–H groups in total. The van der Waals surface area contributed by atoms with Crippen LogP contribution in [0.4, 0.5) is 8.78 Å². The summed E-state index contributed by atoms with van der Waals surface area (Å²) in [5.41, 5.74) is 1.58. The summed E-state index contributed by atoms with van der Waals surface area (Å²) in [6, 6.07) is 9.04. The highest BCUT2D eigenvalue weighted by atomic mass is 32.2. The molecule has 0 spiro atoms. The van der Waals surface area contributed by atoms with Crippen LogP contribution in [0.5, 0.6) is 0 Å². The number of Topliss-reactive ketones (excluding diaryl/α,β-unsaturated/α-hetero) is 1. The molecule has 2 aromatic rings. The Morgan fingerprint density at radius 1 is 1.10 bits per heavy atom. The number of carbonyl (C=O) groups excluding carboxylic acids is 1. The zero-order valence-corrected chi connectivity index (χ0v) is 12.1. The summed E-state index contributed by atoms with van der Waals surface area (Å²) in [6.07, 6.45) is 0. The zero-order valence-electron chi connectivity index (χ0n) is 11.2. The molecule has 0 aromatic heterocycles. The van der Waals surface area contributed by atoms with Crippen molar-refractivity contribution >= 4 is 17.5 Å². The predicted molar refractivity (Wildman–Crippen MR) is 77.3 cm³/mol. The Kier molecular flexibility index (Phi) is 4.55. The van der Waals surface area contributed by atoms with Crippen molar-refractivity contribution in [3.05, 3.63) is 64.7 Å². The van der Waals surface area contributed by atoms with Crippen LogP contribution in [0.1, 0.15) is 21.5 Å². The first-order valence-electron chi connectivity index (χ1n) is 6.15. The SMILES string of the molecule is Cc1cc(C)c(C(=O)CSc2ccc(F)cc2)c(F)c1. The Bertz CT molecular complexity index is 612. The van der Waals surface area contributed by atoms with Gasteiger partial charge in [0.1, 0.15) is 11.6 Å². The average Bonchev–Trinajstić information content (AvgIpc) is 2.37. The van der Waals surface area contributed by atoms with Crippen molar-refractivity contribution in [2.75, 3.05) is 5.75 Å².